The Bertz CT molecular complexity index is 731. The summed E-state index contributed by atoms with van der Waals surface area (Å²) in [5.41, 5.74) is 1.09. The molecule has 0 aliphatic carbocycles. The summed E-state index contributed by atoms with van der Waals surface area (Å²) in [6.07, 6.45) is 3.44. The summed E-state index contributed by atoms with van der Waals surface area (Å²) in [5, 5.41) is 7.11. The van der Waals surface area contributed by atoms with E-state index in [0.29, 0.717) is 0 Å². The second kappa shape index (κ2) is 7.20. The van der Waals surface area contributed by atoms with Crippen LogP contribution in [0.4, 0.5) is 0 Å². The molecule has 1 amide bonds. The summed E-state index contributed by atoms with van der Waals surface area (Å²) in [5.74, 6) is -0.0874. The van der Waals surface area contributed by atoms with Crippen LogP contribution in [0.1, 0.15) is 21.4 Å². The number of benzene rings is 1. The predicted molar refractivity (Wildman–Crippen MR) is 94.1 cm³/mol. The van der Waals surface area contributed by atoms with Gasteiger partial charge in [-0.2, -0.15) is 0 Å². The van der Waals surface area contributed by atoms with E-state index in [0.717, 1.165) is 15.3 Å². The highest BCUT2D eigenvalue weighted by Crippen LogP contribution is 2.25. The molecule has 0 fully saturated rings. The van der Waals surface area contributed by atoms with Gasteiger partial charge >= 0.3 is 0 Å². The van der Waals surface area contributed by atoms with E-state index < -0.39 is 0 Å². The second-order valence-electron chi connectivity index (χ2n) is 4.72. The summed E-state index contributed by atoms with van der Waals surface area (Å²) in [4.78, 5) is 14.4. The molecule has 0 bridgehead atoms. The minimum Gasteiger partial charge on any atom is -0.341 e. The van der Waals surface area contributed by atoms with E-state index in [2.05, 4.69) is 5.32 Å². The van der Waals surface area contributed by atoms with Gasteiger partial charge in [0.15, 0.2) is 0 Å². The Kier molecular flexibility index (Phi) is 4.83. The molecule has 110 valence electrons. The van der Waals surface area contributed by atoms with Crippen LogP contribution in [0.25, 0.3) is 6.08 Å². The van der Waals surface area contributed by atoms with Crippen LogP contribution in [-0.4, -0.2) is 5.91 Å². The Morgan fingerprint density at radius 1 is 0.955 bits per heavy atom. The fraction of sp³-hybridized carbons (Fsp3) is 0.0556. The Balaban J connectivity index is 1.77. The Hall–Kier alpha value is -2.17. The first-order valence-electron chi connectivity index (χ1n) is 6.93. The molecule has 1 aromatic carbocycles. The van der Waals surface area contributed by atoms with Crippen LogP contribution in [0, 0.1) is 0 Å². The van der Waals surface area contributed by atoms with Crippen molar-refractivity contribution in [2.75, 3.05) is 0 Å². The number of carbonyl (C=O) groups excluding carboxylic acids is 1. The zero-order chi connectivity index (χ0) is 15.2. The highest BCUT2D eigenvalue weighted by atomic mass is 32.1. The first kappa shape index (κ1) is 14.8. The fourth-order valence-electron chi connectivity index (χ4n) is 2.15. The van der Waals surface area contributed by atoms with E-state index in [1.807, 2.05) is 71.4 Å². The van der Waals surface area contributed by atoms with Gasteiger partial charge in [0.05, 0.1) is 6.04 Å². The van der Waals surface area contributed by atoms with Crippen molar-refractivity contribution in [2.24, 2.45) is 0 Å². The van der Waals surface area contributed by atoms with Crippen molar-refractivity contribution in [3.8, 4) is 0 Å². The number of thiophene rings is 2. The first-order valence-corrected chi connectivity index (χ1v) is 8.69. The van der Waals surface area contributed by atoms with Gasteiger partial charge in [0, 0.05) is 15.8 Å². The average molecular weight is 325 g/mol. The van der Waals surface area contributed by atoms with Gasteiger partial charge in [-0.25, -0.2) is 0 Å². The third-order valence-corrected chi connectivity index (χ3v) is 4.96. The largest absolute Gasteiger partial charge is 0.341 e. The van der Waals surface area contributed by atoms with E-state index in [4.69, 9.17) is 0 Å². The zero-order valence-electron chi connectivity index (χ0n) is 11.8. The van der Waals surface area contributed by atoms with Crippen molar-refractivity contribution in [1.82, 2.24) is 5.32 Å². The van der Waals surface area contributed by atoms with Gasteiger partial charge in [-0.05, 0) is 34.5 Å². The molecule has 0 spiro atoms. The first-order chi connectivity index (χ1) is 10.8. The lowest BCUT2D eigenvalue weighted by Gasteiger charge is -2.17. The second-order valence-corrected chi connectivity index (χ2v) is 6.68. The monoisotopic (exact) mass is 325 g/mol. The highest BCUT2D eigenvalue weighted by molar-refractivity contribution is 7.10. The van der Waals surface area contributed by atoms with Crippen molar-refractivity contribution < 1.29 is 4.79 Å². The van der Waals surface area contributed by atoms with Gasteiger partial charge < -0.3 is 5.32 Å². The topological polar surface area (TPSA) is 29.1 Å². The molecule has 2 nitrogen and oxygen atoms in total. The Labute approximate surface area is 137 Å². The van der Waals surface area contributed by atoms with Crippen molar-refractivity contribution in [1.29, 1.82) is 0 Å². The van der Waals surface area contributed by atoms with Crippen LogP contribution < -0.4 is 5.32 Å². The van der Waals surface area contributed by atoms with E-state index in [1.54, 1.807) is 28.7 Å². The third-order valence-electron chi connectivity index (χ3n) is 3.19. The molecule has 0 saturated heterocycles. The molecule has 3 aromatic rings. The highest BCUT2D eigenvalue weighted by Gasteiger charge is 2.16. The van der Waals surface area contributed by atoms with E-state index in [9.17, 15) is 4.79 Å². The summed E-state index contributed by atoms with van der Waals surface area (Å²) in [6.45, 7) is 0. The SMILES string of the molecule is O=C(C=Cc1cccs1)NC(c1ccccc1)c1cccs1. The maximum atomic E-state index is 12.2. The number of nitrogens with one attached hydrogen (secondary N) is 1. The van der Waals surface area contributed by atoms with E-state index in [-0.39, 0.29) is 11.9 Å². The van der Waals surface area contributed by atoms with Crippen LogP contribution in [0.5, 0.6) is 0 Å². The maximum absolute atomic E-state index is 12.2. The standard InChI is InChI=1S/C18H15NOS2/c20-17(11-10-15-8-4-12-21-15)19-18(16-9-5-13-22-16)14-6-2-1-3-7-14/h1-13,18H,(H,19,20). The molecule has 0 radical (unpaired) electrons. The lowest BCUT2D eigenvalue weighted by molar-refractivity contribution is -0.116. The van der Waals surface area contributed by atoms with Crippen LogP contribution in [0.3, 0.4) is 0 Å². The Morgan fingerprint density at radius 2 is 1.73 bits per heavy atom. The summed E-state index contributed by atoms with van der Waals surface area (Å²) in [6, 6.07) is 17.9. The van der Waals surface area contributed by atoms with E-state index in [1.165, 1.54) is 0 Å². The molecule has 2 heterocycles. The molecule has 3 rings (SSSR count). The average Bonchev–Trinajstić information content (AvgIpc) is 3.25. The van der Waals surface area contributed by atoms with Gasteiger partial charge in [-0.1, -0.05) is 42.5 Å². The van der Waals surface area contributed by atoms with Crippen LogP contribution in [0.15, 0.2) is 71.4 Å². The lowest BCUT2D eigenvalue weighted by atomic mass is 10.1. The fourth-order valence-corrected chi connectivity index (χ4v) is 3.57. The quantitative estimate of drug-likeness (QED) is 0.675. The molecule has 0 aliphatic heterocycles. The minimum absolute atomic E-state index is 0.0874. The molecule has 0 saturated carbocycles. The smallest absolute Gasteiger partial charge is 0.244 e. The van der Waals surface area contributed by atoms with Crippen molar-refractivity contribution >= 4 is 34.7 Å². The van der Waals surface area contributed by atoms with Gasteiger partial charge in [0.1, 0.15) is 0 Å². The molecule has 1 N–H and O–H groups in total. The van der Waals surface area contributed by atoms with Crippen molar-refractivity contribution in [2.45, 2.75) is 6.04 Å². The van der Waals surface area contributed by atoms with Gasteiger partial charge in [-0.15, -0.1) is 22.7 Å². The van der Waals surface area contributed by atoms with Crippen molar-refractivity contribution in [3.05, 3.63) is 86.8 Å². The number of carbonyl (C=O) groups is 1. The number of hydrogen-bond acceptors (Lipinski definition) is 3. The van der Waals surface area contributed by atoms with Crippen molar-refractivity contribution in [3.63, 3.8) is 0 Å². The molecule has 1 unspecified atom stereocenters. The molecular formula is C18H15NOS2. The van der Waals surface area contributed by atoms with Crippen LogP contribution >= 0.6 is 22.7 Å². The molecular weight excluding hydrogens is 310 g/mol. The van der Waals surface area contributed by atoms with Crippen LogP contribution in [-0.2, 0) is 4.79 Å². The molecule has 22 heavy (non-hydrogen) atoms. The van der Waals surface area contributed by atoms with Gasteiger partial charge in [0.25, 0.3) is 0 Å². The van der Waals surface area contributed by atoms with Crippen LogP contribution in [0.2, 0.25) is 0 Å². The molecule has 2 aromatic heterocycles. The molecule has 4 heteroatoms. The molecule has 0 aliphatic rings. The van der Waals surface area contributed by atoms with Gasteiger partial charge in [-0.3, -0.25) is 4.79 Å². The normalized spacial score (nSPS) is 12.4. The summed E-state index contributed by atoms with van der Waals surface area (Å²) < 4.78 is 0. The lowest BCUT2D eigenvalue weighted by Crippen LogP contribution is -2.27. The number of hydrogen-bond donors (Lipinski definition) is 1. The zero-order valence-corrected chi connectivity index (χ0v) is 13.4. The summed E-state index contributed by atoms with van der Waals surface area (Å²) in [7, 11) is 0. The Morgan fingerprint density at radius 3 is 2.41 bits per heavy atom. The predicted octanol–water partition coefficient (Wildman–Crippen LogP) is 4.73. The third kappa shape index (κ3) is 3.72. The van der Waals surface area contributed by atoms with Gasteiger partial charge in [0.2, 0.25) is 5.91 Å². The number of amides is 1. The summed E-state index contributed by atoms with van der Waals surface area (Å²) >= 11 is 3.26. The molecule has 1 atom stereocenters. The minimum atomic E-state index is -0.110. The number of rotatable bonds is 5. The maximum Gasteiger partial charge on any atom is 0.244 e. The van der Waals surface area contributed by atoms with E-state index >= 15 is 0 Å².